The van der Waals surface area contributed by atoms with Gasteiger partial charge < -0.3 is 14.2 Å². The van der Waals surface area contributed by atoms with E-state index in [-0.39, 0.29) is 11.9 Å². The number of benzene rings is 1. The van der Waals surface area contributed by atoms with Crippen LogP contribution >= 0.6 is 0 Å². The number of fused-ring (bicyclic) bond motifs is 1. The van der Waals surface area contributed by atoms with Crippen molar-refractivity contribution >= 4 is 5.97 Å². The normalized spacial score (nSPS) is 16.6. The molecule has 0 radical (unpaired) electrons. The molecule has 1 aliphatic rings. The van der Waals surface area contributed by atoms with E-state index in [4.69, 9.17) is 14.2 Å². The Balaban J connectivity index is 2.02. The maximum Gasteiger partial charge on any atom is 0.316 e. The Kier molecular flexibility index (Phi) is 4.18. The van der Waals surface area contributed by atoms with Crippen molar-refractivity contribution < 1.29 is 19.0 Å². The van der Waals surface area contributed by atoms with E-state index in [1.165, 1.54) is 7.11 Å². The second-order valence-electron chi connectivity index (χ2n) is 5.34. The number of esters is 1. The largest absolute Gasteiger partial charge is 0.497 e. The first-order chi connectivity index (χ1) is 11.2. The Bertz CT molecular complexity index is 704. The summed E-state index contributed by atoms with van der Waals surface area (Å²) in [5, 5.41) is 4.53. The van der Waals surface area contributed by atoms with Crippen molar-refractivity contribution in [1.82, 2.24) is 14.8 Å². The molecule has 1 atom stereocenters. The fraction of sp³-hybridized carbons (Fsp3) is 0.438. The average Bonchev–Trinajstić information content (AvgIpc) is 3.04. The van der Waals surface area contributed by atoms with Gasteiger partial charge in [0.1, 0.15) is 23.2 Å². The highest BCUT2D eigenvalue weighted by Crippen LogP contribution is 2.32. The molecule has 2 heterocycles. The Labute approximate surface area is 134 Å². The summed E-state index contributed by atoms with van der Waals surface area (Å²) in [6.07, 6.45) is 1.60. The molecule has 1 aromatic carbocycles. The van der Waals surface area contributed by atoms with Crippen LogP contribution in [0.1, 0.15) is 24.6 Å². The number of carbonyl (C=O) groups excluding carboxylic acids is 1. The number of rotatable bonds is 4. The van der Waals surface area contributed by atoms with E-state index >= 15 is 0 Å². The average molecular weight is 317 g/mol. The predicted molar refractivity (Wildman–Crippen MR) is 82.6 cm³/mol. The minimum Gasteiger partial charge on any atom is -0.497 e. The monoisotopic (exact) mass is 317 g/mol. The van der Waals surface area contributed by atoms with E-state index < -0.39 is 0 Å². The lowest BCUT2D eigenvalue weighted by atomic mass is 9.99. The first-order valence-electron chi connectivity index (χ1n) is 7.42. The molecule has 0 amide bonds. The highest BCUT2D eigenvalue weighted by atomic mass is 16.5. The van der Waals surface area contributed by atoms with Crippen molar-refractivity contribution in [2.75, 3.05) is 21.3 Å². The lowest BCUT2D eigenvalue weighted by Crippen LogP contribution is -2.24. The van der Waals surface area contributed by atoms with Gasteiger partial charge in [-0.25, -0.2) is 9.67 Å². The van der Waals surface area contributed by atoms with Crippen LogP contribution in [-0.4, -0.2) is 42.1 Å². The standard InChI is InChI=1S/C16H19N3O4/c1-21-11-7-10(8-12(9-11)22-2)14-17-15-13(16(20)23-3)5-4-6-19(15)18-14/h7-9,13H,4-6H2,1-3H3. The molecule has 0 saturated heterocycles. The summed E-state index contributed by atoms with van der Waals surface area (Å²) in [6, 6.07) is 5.48. The first-order valence-corrected chi connectivity index (χ1v) is 7.42. The third-order valence-corrected chi connectivity index (χ3v) is 3.97. The fourth-order valence-corrected chi connectivity index (χ4v) is 2.78. The van der Waals surface area contributed by atoms with Crippen molar-refractivity contribution in [3.8, 4) is 22.9 Å². The van der Waals surface area contributed by atoms with Gasteiger partial charge in [0.2, 0.25) is 0 Å². The van der Waals surface area contributed by atoms with Crippen molar-refractivity contribution in [2.24, 2.45) is 0 Å². The molecule has 122 valence electrons. The van der Waals surface area contributed by atoms with Crippen LogP contribution in [0.15, 0.2) is 18.2 Å². The zero-order valence-corrected chi connectivity index (χ0v) is 13.4. The van der Waals surface area contributed by atoms with Crippen molar-refractivity contribution in [1.29, 1.82) is 0 Å². The summed E-state index contributed by atoms with van der Waals surface area (Å²) >= 11 is 0. The van der Waals surface area contributed by atoms with Gasteiger partial charge in [-0.3, -0.25) is 4.79 Å². The summed E-state index contributed by atoms with van der Waals surface area (Å²) in [6.45, 7) is 0.747. The van der Waals surface area contributed by atoms with Gasteiger partial charge in [-0.2, -0.15) is 5.10 Å². The predicted octanol–water partition coefficient (Wildman–Crippen LogP) is 2.01. The molecule has 0 spiro atoms. The molecule has 1 aliphatic heterocycles. The molecule has 0 aliphatic carbocycles. The molecular weight excluding hydrogens is 298 g/mol. The first kappa shape index (κ1) is 15.3. The Morgan fingerprint density at radius 3 is 2.48 bits per heavy atom. The number of aromatic nitrogens is 3. The second-order valence-corrected chi connectivity index (χ2v) is 5.34. The van der Waals surface area contributed by atoms with Crippen LogP contribution in [0, 0.1) is 0 Å². The number of ether oxygens (including phenoxy) is 3. The minimum atomic E-state index is -0.359. The van der Waals surface area contributed by atoms with Gasteiger partial charge >= 0.3 is 5.97 Å². The van der Waals surface area contributed by atoms with Crippen LogP contribution in [-0.2, 0) is 16.1 Å². The van der Waals surface area contributed by atoms with Crippen molar-refractivity contribution in [3.05, 3.63) is 24.0 Å². The number of carbonyl (C=O) groups is 1. The number of hydrogen-bond acceptors (Lipinski definition) is 6. The number of hydrogen-bond donors (Lipinski definition) is 0. The van der Waals surface area contributed by atoms with Crippen LogP contribution in [0.2, 0.25) is 0 Å². The molecule has 0 N–H and O–H groups in total. The van der Waals surface area contributed by atoms with E-state index in [9.17, 15) is 4.79 Å². The summed E-state index contributed by atoms with van der Waals surface area (Å²) in [5.41, 5.74) is 0.784. The number of nitrogens with zero attached hydrogens (tertiary/aromatic N) is 3. The second kappa shape index (κ2) is 6.28. The third-order valence-electron chi connectivity index (χ3n) is 3.97. The highest BCUT2D eigenvalue weighted by molar-refractivity contribution is 5.77. The summed E-state index contributed by atoms with van der Waals surface area (Å²) < 4.78 is 17.2. The van der Waals surface area contributed by atoms with E-state index in [0.717, 1.165) is 24.9 Å². The summed E-state index contributed by atoms with van der Waals surface area (Å²) in [5.74, 6) is 1.90. The zero-order valence-electron chi connectivity index (χ0n) is 13.4. The highest BCUT2D eigenvalue weighted by Gasteiger charge is 2.31. The summed E-state index contributed by atoms with van der Waals surface area (Å²) in [4.78, 5) is 16.5. The Morgan fingerprint density at radius 2 is 1.87 bits per heavy atom. The maximum absolute atomic E-state index is 11.9. The van der Waals surface area contributed by atoms with Gasteiger partial charge in [-0.05, 0) is 25.0 Å². The van der Waals surface area contributed by atoms with Gasteiger partial charge in [0.05, 0.1) is 21.3 Å². The molecule has 1 unspecified atom stereocenters. The van der Waals surface area contributed by atoms with Crippen molar-refractivity contribution in [3.63, 3.8) is 0 Å². The van der Waals surface area contributed by atoms with Crippen molar-refractivity contribution in [2.45, 2.75) is 25.3 Å². The lowest BCUT2D eigenvalue weighted by Gasteiger charge is -2.19. The van der Waals surface area contributed by atoms with E-state index in [2.05, 4.69) is 10.1 Å². The molecule has 7 nitrogen and oxygen atoms in total. The van der Waals surface area contributed by atoms with Gasteiger partial charge in [-0.1, -0.05) is 0 Å². The SMILES string of the molecule is COC(=O)C1CCCn2nc(-c3cc(OC)cc(OC)c3)nc21. The van der Waals surface area contributed by atoms with Gasteiger partial charge in [-0.15, -0.1) is 0 Å². The molecule has 23 heavy (non-hydrogen) atoms. The van der Waals surface area contributed by atoms with Gasteiger partial charge in [0.25, 0.3) is 0 Å². The maximum atomic E-state index is 11.9. The molecule has 0 bridgehead atoms. The van der Waals surface area contributed by atoms with E-state index in [1.807, 2.05) is 12.1 Å². The summed E-state index contributed by atoms with van der Waals surface area (Å²) in [7, 11) is 4.58. The van der Waals surface area contributed by atoms with Gasteiger partial charge in [0.15, 0.2) is 5.82 Å². The van der Waals surface area contributed by atoms with E-state index in [0.29, 0.717) is 23.1 Å². The van der Waals surface area contributed by atoms with E-state index in [1.54, 1.807) is 25.0 Å². The zero-order chi connectivity index (χ0) is 16.4. The Hall–Kier alpha value is -2.57. The molecule has 3 rings (SSSR count). The van der Waals surface area contributed by atoms with Crippen LogP contribution in [0.3, 0.4) is 0 Å². The smallest absolute Gasteiger partial charge is 0.316 e. The third kappa shape index (κ3) is 2.86. The Morgan fingerprint density at radius 1 is 1.17 bits per heavy atom. The molecular formula is C16H19N3O4. The quantitative estimate of drug-likeness (QED) is 0.803. The van der Waals surface area contributed by atoms with Crippen LogP contribution in [0.4, 0.5) is 0 Å². The molecule has 0 saturated carbocycles. The van der Waals surface area contributed by atoms with Gasteiger partial charge in [0, 0.05) is 18.2 Å². The topological polar surface area (TPSA) is 75.5 Å². The molecule has 0 fully saturated rings. The number of aryl methyl sites for hydroxylation is 1. The fourth-order valence-electron chi connectivity index (χ4n) is 2.78. The molecule has 1 aromatic heterocycles. The number of methoxy groups -OCH3 is 3. The van der Waals surface area contributed by atoms with Crippen LogP contribution < -0.4 is 9.47 Å². The van der Waals surface area contributed by atoms with Crippen LogP contribution in [0.25, 0.3) is 11.4 Å². The molecule has 2 aromatic rings. The minimum absolute atomic E-state index is 0.270. The molecule has 7 heteroatoms. The lowest BCUT2D eigenvalue weighted by molar-refractivity contribution is -0.143. The van der Waals surface area contributed by atoms with Crippen LogP contribution in [0.5, 0.6) is 11.5 Å².